The van der Waals surface area contributed by atoms with Crippen LogP contribution < -0.4 is 14.0 Å². The van der Waals surface area contributed by atoms with Gasteiger partial charge < -0.3 is 32.0 Å². The molecule has 0 unspecified atom stereocenters. The highest BCUT2D eigenvalue weighted by Gasteiger charge is 2.51. The molecule has 3 aliphatic heterocycles. The van der Waals surface area contributed by atoms with Gasteiger partial charge in [0.2, 0.25) is 0 Å². The Hall–Kier alpha value is -3.03. The van der Waals surface area contributed by atoms with Gasteiger partial charge in [-0.1, -0.05) is 0 Å². The molecule has 2 aromatic rings. The normalized spacial score (nSPS) is 14.7. The van der Waals surface area contributed by atoms with Crippen LogP contribution in [0.1, 0.15) is 0 Å². The van der Waals surface area contributed by atoms with Crippen LogP contribution in [0, 0.1) is 0 Å². The summed E-state index contributed by atoms with van der Waals surface area (Å²) < 4.78 is 42.8. The second-order valence-corrected chi connectivity index (χ2v) is 6.13. The summed E-state index contributed by atoms with van der Waals surface area (Å²) in [4.78, 5) is 3.30. The third kappa shape index (κ3) is 1.63. The molecule has 5 rings (SSSR count). The number of hydrogen-bond donors (Lipinski definition) is 1. The van der Waals surface area contributed by atoms with Crippen molar-refractivity contribution in [2.24, 2.45) is 0 Å². The first kappa shape index (κ1) is 14.3. The average molecular weight is 341 g/mol. The zero-order chi connectivity index (χ0) is 17.3. The van der Waals surface area contributed by atoms with Crippen molar-refractivity contribution in [2.45, 2.75) is 0 Å². The highest BCUT2D eigenvalue weighted by Crippen LogP contribution is 2.44. The first-order valence-electron chi connectivity index (χ1n) is 7.87. The van der Waals surface area contributed by atoms with Gasteiger partial charge in [-0.3, -0.25) is 0 Å². The Balaban J connectivity index is 1.98. The number of nitrogens with one attached hydrogen (secondary N) is 1. The molecule has 1 N–H and O–H groups in total. The number of ether oxygens (including phenoxy) is 2. The fourth-order valence-corrected chi connectivity index (χ4v) is 3.81. The van der Waals surface area contributed by atoms with Gasteiger partial charge in [-0.05, 0) is 18.3 Å². The molecule has 0 saturated carbocycles. The van der Waals surface area contributed by atoms with E-state index in [1.54, 1.807) is 38.5 Å². The van der Waals surface area contributed by atoms with Gasteiger partial charge in [0.15, 0.2) is 5.69 Å². The van der Waals surface area contributed by atoms with Crippen molar-refractivity contribution in [3.05, 3.63) is 42.7 Å². The summed E-state index contributed by atoms with van der Waals surface area (Å²) in [6.45, 7) is -3.92. The number of rotatable bonds is 2. The summed E-state index contributed by atoms with van der Waals surface area (Å²) in [5.74, 6) is 1.21. The lowest BCUT2D eigenvalue weighted by atomic mass is 9.89. The number of pyridine rings is 1. The molecule has 25 heavy (non-hydrogen) atoms. The van der Waals surface area contributed by atoms with E-state index in [0.717, 1.165) is 25.4 Å². The van der Waals surface area contributed by atoms with Gasteiger partial charge in [-0.15, -0.1) is 0 Å². The minimum Gasteiger partial charge on any atom is -0.497 e. The highest BCUT2D eigenvalue weighted by molar-refractivity contribution is 6.56. The van der Waals surface area contributed by atoms with Crippen LogP contribution in [0.15, 0.2) is 42.7 Å². The molecule has 0 saturated heterocycles. The summed E-state index contributed by atoms with van der Waals surface area (Å²) in [5, 5.41) is 0.757. The fraction of sp³-hybridized carbons (Fsp3) is 0.118. The molecule has 0 aliphatic carbocycles. The summed E-state index contributed by atoms with van der Waals surface area (Å²) in [5.41, 5.74) is 3.08. The number of aromatic nitrogens is 3. The summed E-state index contributed by atoms with van der Waals surface area (Å²) in [7, 11) is 3.13. The number of H-pyrrole nitrogens is 1. The van der Waals surface area contributed by atoms with E-state index in [4.69, 9.17) is 9.47 Å². The van der Waals surface area contributed by atoms with E-state index in [1.165, 1.54) is 12.4 Å². The van der Waals surface area contributed by atoms with Gasteiger partial charge in [0.05, 0.1) is 30.7 Å². The zero-order valence-corrected chi connectivity index (χ0v) is 13.6. The number of hydrogen-bond acceptors (Lipinski definition) is 2. The molecule has 5 nitrogen and oxygen atoms in total. The van der Waals surface area contributed by atoms with Crippen molar-refractivity contribution in [1.29, 1.82) is 0 Å². The maximum atomic E-state index is 14.9. The molecule has 3 aliphatic rings. The molecular formula is C17H14BF2N3O2. The predicted octanol–water partition coefficient (Wildman–Crippen LogP) is 3.13. The smallest absolute Gasteiger partial charge is 0.497 e. The summed E-state index contributed by atoms with van der Waals surface area (Å²) in [6, 6.07) is 8.64. The maximum absolute atomic E-state index is 14.9. The van der Waals surface area contributed by atoms with Crippen LogP contribution in [0.25, 0.3) is 33.5 Å². The van der Waals surface area contributed by atoms with Crippen molar-refractivity contribution in [3.63, 3.8) is 0 Å². The number of methoxy groups -OCH3 is 2. The van der Waals surface area contributed by atoms with Crippen LogP contribution in [0.4, 0.5) is 8.63 Å². The van der Waals surface area contributed by atoms with Crippen molar-refractivity contribution in [1.82, 2.24) is 9.46 Å². The van der Waals surface area contributed by atoms with Crippen molar-refractivity contribution in [2.75, 3.05) is 14.2 Å². The Kier molecular flexibility index (Phi) is 2.60. The summed E-state index contributed by atoms with van der Waals surface area (Å²) >= 11 is 0. The minimum atomic E-state index is -3.92. The van der Waals surface area contributed by atoms with Crippen molar-refractivity contribution in [3.8, 4) is 34.1 Å². The minimum absolute atomic E-state index is 0.463. The maximum Gasteiger partial charge on any atom is 0.737 e. The largest absolute Gasteiger partial charge is 0.737 e. The lowest BCUT2D eigenvalue weighted by Crippen LogP contribution is -2.65. The zero-order valence-electron chi connectivity index (χ0n) is 13.6. The Morgan fingerprint density at radius 3 is 2.76 bits per heavy atom. The molecule has 0 bridgehead atoms. The second kappa shape index (κ2) is 4.53. The van der Waals surface area contributed by atoms with Crippen LogP contribution in [-0.2, 0) is 0 Å². The Morgan fingerprint density at radius 1 is 1.16 bits per heavy atom. The van der Waals surface area contributed by atoms with E-state index >= 15 is 0 Å². The van der Waals surface area contributed by atoms with E-state index in [0.29, 0.717) is 28.6 Å². The van der Waals surface area contributed by atoms with Crippen LogP contribution in [-0.4, -0.2) is 30.7 Å². The Labute approximate surface area is 141 Å². The Morgan fingerprint density at radius 2 is 2.00 bits per heavy atom. The molecule has 4 heterocycles. The number of fused-ring (bicyclic) bond motifs is 4. The topological polar surface area (TPSA) is 43.1 Å². The van der Waals surface area contributed by atoms with Gasteiger partial charge in [0.25, 0.3) is 0 Å². The van der Waals surface area contributed by atoms with Crippen molar-refractivity contribution < 1.29 is 22.6 Å². The summed E-state index contributed by atoms with van der Waals surface area (Å²) in [6.07, 6.45) is 2.85. The molecule has 1 aromatic heterocycles. The number of aromatic amines is 1. The molecule has 0 radical (unpaired) electrons. The van der Waals surface area contributed by atoms with Gasteiger partial charge in [-0.2, -0.15) is 0 Å². The molecule has 126 valence electrons. The second-order valence-electron chi connectivity index (χ2n) is 6.13. The third-order valence-electron chi connectivity index (χ3n) is 4.92. The van der Waals surface area contributed by atoms with E-state index in [1.807, 2.05) is 6.07 Å². The van der Waals surface area contributed by atoms with Gasteiger partial charge in [0.1, 0.15) is 23.4 Å². The first-order chi connectivity index (χ1) is 12.1. The number of benzene rings is 1. The average Bonchev–Trinajstić information content (AvgIpc) is 3.27. The third-order valence-corrected chi connectivity index (χ3v) is 4.92. The van der Waals surface area contributed by atoms with Crippen molar-refractivity contribution >= 4 is 17.9 Å². The van der Waals surface area contributed by atoms with E-state index in [-0.39, 0.29) is 0 Å². The molecule has 0 atom stereocenters. The molecule has 8 heteroatoms. The standard InChI is InChI=1S/C17H14BF2N3O2/c1-24-10-8-12-15(14(9-10)25-2)11-5-7-23-17(11)16(21-12)13-4-3-6-22(13)18(23,19)20/h3-9,21H,1-2H3. The fourth-order valence-electron chi connectivity index (χ4n) is 3.81. The quantitative estimate of drug-likeness (QED) is 0.570. The monoisotopic (exact) mass is 341 g/mol. The number of halogens is 2. The lowest BCUT2D eigenvalue weighted by Gasteiger charge is -2.28. The van der Waals surface area contributed by atoms with Gasteiger partial charge >= 0.3 is 6.97 Å². The van der Waals surface area contributed by atoms with Gasteiger partial charge in [-0.25, -0.2) is 0 Å². The van der Waals surface area contributed by atoms with Crippen LogP contribution in [0.2, 0.25) is 0 Å². The molecule has 1 aromatic carbocycles. The lowest BCUT2D eigenvalue weighted by molar-refractivity contribution is -0.554. The molecule has 0 spiro atoms. The van der Waals surface area contributed by atoms with Crippen LogP contribution >= 0.6 is 0 Å². The SMILES string of the molecule is COc1cc(OC)c2c3cc[n+]4c-3c([nH]c2c1)-c1cccn1[B-]4(F)F. The first-order valence-corrected chi connectivity index (χ1v) is 7.87. The van der Waals surface area contributed by atoms with E-state index in [2.05, 4.69) is 4.98 Å². The van der Waals surface area contributed by atoms with E-state index in [9.17, 15) is 8.63 Å². The highest BCUT2D eigenvalue weighted by atomic mass is 19.2. The van der Waals surface area contributed by atoms with Crippen LogP contribution in [0.5, 0.6) is 11.5 Å². The molecule has 0 fully saturated rings. The van der Waals surface area contributed by atoms with Crippen LogP contribution in [0.3, 0.4) is 0 Å². The molecular weight excluding hydrogens is 327 g/mol. The predicted molar refractivity (Wildman–Crippen MR) is 90.4 cm³/mol. The molecule has 0 amide bonds. The van der Waals surface area contributed by atoms with E-state index < -0.39 is 6.97 Å². The Bertz CT molecular complexity index is 1120. The number of nitrogens with zero attached hydrogens (tertiary/aromatic N) is 2. The van der Waals surface area contributed by atoms with Gasteiger partial charge in [0, 0.05) is 23.9 Å².